The number of fused-ring (bicyclic) bond motifs is 1. The third-order valence-electron chi connectivity index (χ3n) is 5.07. The van der Waals surface area contributed by atoms with Crippen LogP contribution in [0.5, 0.6) is 5.75 Å². The van der Waals surface area contributed by atoms with Crippen molar-refractivity contribution >= 4 is 11.6 Å². The van der Waals surface area contributed by atoms with Crippen molar-refractivity contribution in [3.63, 3.8) is 0 Å². The highest BCUT2D eigenvalue weighted by Gasteiger charge is 2.31. The van der Waals surface area contributed by atoms with E-state index in [2.05, 4.69) is 18.1 Å². The lowest BCUT2D eigenvalue weighted by atomic mass is 10.1. The van der Waals surface area contributed by atoms with Gasteiger partial charge in [0, 0.05) is 17.3 Å². The molecule has 1 aromatic heterocycles. The molecule has 138 valence electrons. The van der Waals surface area contributed by atoms with Gasteiger partial charge in [0.25, 0.3) is 5.91 Å². The average molecular weight is 362 g/mol. The minimum atomic E-state index is -0.00441. The van der Waals surface area contributed by atoms with E-state index < -0.39 is 0 Å². The minimum Gasteiger partial charge on any atom is -0.489 e. The lowest BCUT2D eigenvalue weighted by Crippen LogP contribution is -2.35. The molecule has 0 saturated carbocycles. The van der Waals surface area contributed by atoms with E-state index in [1.165, 1.54) is 5.56 Å². The third-order valence-corrected chi connectivity index (χ3v) is 5.07. The molecule has 0 radical (unpaired) electrons. The number of aryl methyl sites for hydroxylation is 2. The predicted octanol–water partition coefficient (Wildman–Crippen LogP) is 4.46. The minimum absolute atomic E-state index is 0.00441. The monoisotopic (exact) mass is 362 g/mol. The molecule has 4 rings (SSSR count). The molecule has 0 bridgehead atoms. The van der Waals surface area contributed by atoms with Crippen molar-refractivity contribution < 1.29 is 14.1 Å². The van der Waals surface area contributed by atoms with E-state index >= 15 is 0 Å². The number of anilines is 1. The zero-order chi connectivity index (χ0) is 19.0. The number of hydrogen-bond donors (Lipinski definition) is 0. The molecule has 5 nitrogen and oxygen atoms in total. The fraction of sp³-hybridized carbons (Fsp3) is 0.273. The molecule has 0 fully saturated rings. The molecule has 0 saturated heterocycles. The summed E-state index contributed by atoms with van der Waals surface area (Å²) in [5.41, 5.74) is 4.59. The fourth-order valence-electron chi connectivity index (χ4n) is 3.60. The molecule has 2 aromatic carbocycles. The van der Waals surface area contributed by atoms with E-state index in [4.69, 9.17) is 9.26 Å². The van der Waals surface area contributed by atoms with Crippen molar-refractivity contribution in [2.24, 2.45) is 0 Å². The maximum absolute atomic E-state index is 13.2. The van der Waals surface area contributed by atoms with E-state index in [-0.39, 0.29) is 11.9 Å². The molecule has 0 spiro atoms. The first kappa shape index (κ1) is 17.3. The van der Waals surface area contributed by atoms with Crippen LogP contribution in [0, 0.1) is 13.8 Å². The fourth-order valence-corrected chi connectivity index (χ4v) is 3.60. The Kier molecular flexibility index (Phi) is 4.44. The summed E-state index contributed by atoms with van der Waals surface area (Å²) < 4.78 is 11.1. The van der Waals surface area contributed by atoms with Gasteiger partial charge in [0.2, 0.25) is 0 Å². The number of aromatic nitrogens is 1. The van der Waals surface area contributed by atoms with Crippen LogP contribution in [0.25, 0.3) is 0 Å². The molecule has 0 unspecified atom stereocenters. The maximum atomic E-state index is 13.2. The molecule has 0 aliphatic carbocycles. The third kappa shape index (κ3) is 3.21. The lowest BCUT2D eigenvalue weighted by molar-refractivity contribution is 0.0981. The predicted molar refractivity (Wildman–Crippen MR) is 103 cm³/mol. The summed E-state index contributed by atoms with van der Waals surface area (Å²) in [4.78, 5) is 15.0. The Morgan fingerprint density at radius 3 is 2.81 bits per heavy atom. The van der Waals surface area contributed by atoms with Gasteiger partial charge in [-0.05, 0) is 57.0 Å². The summed E-state index contributed by atoms with van der Waals surface area (Å²) in [6.07, 6.45) is 0.879. The van der Waals surface area contributed by atoms with Gasteiger partial charge in [-0.15, -0.1) is 0 Å². The molecule has 1 aliphatic rings. The molecule has 1 amide bonds. The molecular formula is C22H22N2O3. The number of benzene rings is 2. The zero-order valence-corrected chi connectivity index (χ0v) is 15.7. The van der Waals surface area contributed by atoms with E-state index in [0.29, 0.717) is 17.9 Å². The number of para-hydroxylation sites is 1. The van der Waals surface area contributed by atoms with Crippen molar-refractivity contribution in [1.29, 1.82) is 0 Å². The van der Waals surface area contributed by atoms with Crippen LogP contribution < -0.4 is 9.64 Å². The number of carbonyl (C=O) groups excluding carboxylic acids is 1. The number of carbonyl (C=O) groups is 1. The second-order valence-electron chi connectivity index (χ2n) is 6.98. The van der Waals surface area contributed by atoms with Crippen LogP contribution in [-0.4, -0.2) is 17.1 Å². The van der Waals surface area contributed by atoms with Crippen LogP contribution in [-0.2, 0) is 13.0 Å². The summed E-state index contributed by atoms with van der Waals surface area (Å²) >= 11 is 0. The smallest absolute Gasteiger partial charge is 0.258 e. The number of rotatable bonds is 4. The van der Waals surface area contributed by atoms with Crippen LogP contribution in [0.4, 0.5) is 5.69 Å². The largest absolute Gasteiger partial charge is 0.489 e. The first-order valence-electron chi connectivity index (χ1n) is 9.10. The van der Waals surface area contributed by atoms with Crippen LogP contribution in [0.3, 0.4) is 0 Å². The topological polar surface area (TPSA) is 55.6 Å². The van der Waals surface area contributed by atoms with Gasteiger partial charge in [0.1, 0.15) is 18.1 Å². The van der Waals surface area contributed by atoms with Crippen LogP contribution >= 0.6 is 0 Å². The second-order valence-corrected chi connectivity index (χ2v) is 6.98. The maximum Gasteiger partial charge on any atom is 0.258 e. The lowest BCUT2D eigenvalue weighted by Gasteiger charge is -2.23. The normalized spacial score (nSPS) is 15.7. The van der Waals surface area contributed by atoms with Crippen LogP contribution in [0.2, 0.25) is 0 Å². The summed E-state index contributed by atoms with van der Waals surface area (Å²) in [6, 6.07) is 15.6. The van der Waals surface area contributed by atoms with Gasteiger partial charge >= 0.3 is 0 Å². The van der Waals surface area contributed by atoms with Crippen LogP contribution in [0.1, 0.15) is 39.9 Å². The van der Waals surface area contributed by atoms with Crippen molar-refractivity contribution in [2.75, 3.05) is 4.90 Å². The van der Waals surface area contributed by atoms with Gasteiger partial charge in [-0.25, -0.2) is 0 Å². The van der Waals surface area contributed by atoms with Gasteiger partial charge in [-0.2, -0.15) is 0 Å². The number of amides is 1. The van der Waals surface area contributed by atoms with Crippen molar-refractivity contribution in [3.8, 4) is 5.75 Å². The Morgan fingerprint density at radius 1 is 1.22 bits per heavy atom. The summed E-state index contributed by atoms with van der Waals surface area (Å²) in [5.74, 6) is 1.40. The number of nitrogens with zero attached hydrogens (tertiary/aromatic N) is 2. The quantitative estimate of drug-likeness (QED) is 0.687. The molecule has 0 N–H and O–H groups in total. The summed E-state index contributed by atoms with van der Waals surface area (Å²) in [7, 11) is 0. The first-order chi connectivity index (χ1) is 13.0. The van der Waals surface area contributed by atoms with E-state index in [1.807, 2.05) is 55.1 Å². The molecule has 1 aliphatic heterocycles. The van der Waals surface area contributed by atoms with Gasteiger partial charge in [-0.3, -0.25) is 4.79 Å². The Morgan fingerprint density at radius 2 is 2.04 bits per heavy atom. The Balaban J connectivity index is 1.55. The van der Waals surface area contributed by atoms with Gasteiger partial charge in [-0.1, -0.05) is 29.4 Å². The van der Waals surface area contributed by atoms with E-state index in [9.17, 15) is 4.79 Å². The first-order valence-corrected chi connectivity index (χ1v) is 9.10. The van der Waals surface area contributed by atoms with Crippen molar-refractivity contribution in [3.05, 3.63) is 76.7 Å². The van der Waals surface area contributed by atoms with Crippen LogP contribution in [0.15, 0.2) is 53.1 Å². The highest BCUT2D eigenvalue weighted by atomic mass is 16.5. The number of ether oxygens (including phenoxy) is 1. The highest BCUT2D eigenvalue weighted by molar-refractivity contribution is 6.08. The zero-order valence-electron chi connectivity index (χ0n) is 15.7. The Hall–Kier alpha value is -3.08. The average Bonchev–Trinajstić information content (AvgIpc) is 3.18. The van der Waals surface area contributed by atoms with Crippen molar-refractivity contribution in [2.45, 2.75) is 39.8 Å². The van der Waals surface area contributed by atoms with Gasteiger partial charge < -0.3 is 14.2 Å². The Labute approximate surface area is 158 Å². The van der Waals surface area contributed by atoms with E-state index in [0.717, 1.165) is 29.1 Å². The summed E-state index contributed by atoms with van der Waals surface area (Å²) in [6.45, 7) is 6.20. The number of hydrogen-bond acceptors (Lipinski definition) is 4. The van der Waals surface area contributed by atoms with Gasteiger partial charge in [0.05, 0.1) is 11.3 Å². The molecule has 2 heterocycles. The standard InChI is InChI=1S/C22H22N2O3/c1-14-11-17-7-4-5-10-21(17)24(14)22(25)18-8-6-9-19(12-18)26-13-20-15(2)23-27-16(20)3/h4-10,12,14H,11,13H2,1-3H3/t14-/m0/s1. The molecule has 27 heavy (non-hydrogen) atoms. The highest BCUT2D eigenvalue weighted by Crippen LogP contribution is 2.33. The molecule has 5 heteroatoms. The molecule has 3 aromatic rings. The second kappa shape index (κ2) is 6.91. The SMILES string of the molecule is Cc1noc(C)c1COc1cccc(C(=O)N2c3ccccc3C[C@@H]2C)c1. The van der Waals surface area contributed by atoms with Gasteiger partial charge in [0.15, 0.2) is 0 Å². The Bertz CT molecular complexity index is 973. The summed E-state index contributed by atoms with van der Waals surface area (Å²) in [5, 5.41) is 3.94. The van der Waals surface area contributed by atoms with E-state index in [1.54, 1.807) is 6.07 Å². The van der Waals surface area contributed by atoms with Crippen molar-refractivity contribution in [1.82, 2.24) is 5.16 Å². The molecule has 1 atom stereocenters. The molecular weight excluding hydrogens is 340 g/mol.